The van der Waals surface area contributed by atoms with Crippen molar-refractivity contribution < 1.29 is 24.2 Å². The highest BCUT2D eigenvalue weighted by atomic mass is 32.2. The van der Waals surface area contributed by atoms with Crippen LogP contribution in [0.15, 0.2) is 28.4 Å². The van der Waals surface area contributed by atoms with E-state index in [1.165, 1.54) is 0 Å². The van der Waals surface area contributed by atoms with Crippen LogP contribution in [-0.4, -0.2) is 39.9 Å². The number of carbonyl (C=O) groups excluding carboxylic acids is 1. The van der Waals surface area contributed by atoms with E-state index in [1.807, 2.05) is 6.07 Å². The molecule has 2 aliphatic rings. The lowest BCUT2D eigenvalue weighted by molar-refractivity contribution is -0.139. The van der Waals surface area contributed by atoms with E-state index in [0.717, 1.165) is 17.3 Å². The molecule has 8 nitrogen and oxygen atoms in total. The summed E-state index contributed by atoms with van der Waals surface area (Å²) >= 11 is 0.822. The number of carbonyl (C=O) groups is 2. The number of fused-ring (bicyclic) bond motifs is 1. The Morgan fingerprint density at radius 3 is 2.91 bits per heavy atom. The van der Waals surface area contributed by atoms with Gasteiger partial charge in [0.25, 0.3) is 5.91 Å². The molecular formula is C13H11N3O5S. The topological polar surface area (TPSA) is 110 Å². The molecule has 22 heavy (non-hydrogen) atoms. The second-order valence-corrected chi connectivity index (χ2v) is 5.58. The van der Waals surface area contributed by atoms with Crippen LogP contribution >= 0.6 is 11.8 Å². The zero-order valence-corrected chi connectivity index (χ0v) is 12.2. The summed E-state index contributed by atoms with van der Waals surface area (Å²) in [6, 6.07) is 5.37. The molecule has 0 aromatic heterocycles. The number of thioether (sulfide) groups is 1. The SMILES string of the molecule is C/C(=N/N=C1\NC(=O)C(C(=O)O)S1)c1ccc2c(c1)OCO2. The highest BCUT2D eigenvalue weighted by Crippen LogP contribution is 2.32. The number of ether oxygens (including phenoxy) is 2. The lowest BCUT2D eigenvalue weighted by Gasteiger charge is -2.01. The van der Waals surface area contributed by atoms with Crippen molar-refractivity contribution in [1.29, 1.82) is 0 Å². The number of carboxylic acids is 1. The van der Waals surface area contributed by atoms with Gasteiger partial charge >= 0.3 is 5.97 Å². The third-order valence-corrected chi connectivity index (χ3v) is 4.06. The molecule has 114 valence electrons. The van der Waals surface area contributed by atoms with Gasteiger partial charge in [-0.25, -0.2) is 0 Å². The van der Waals surface area contributed by atoms with Gasteiger partial charge in [0.15, 0.2) is 21.9 Å². The molecule has 1 aromatic carbocycles. The third-order valence-electron chi connectivity index (χ3n) is 3.00. The van der Waals surface area contributed by atoms with Crippen LogP contribution in [0.5, 0.6) is 11.5 Å². The number of nitrogens with one attached hydrogen (secondary N) is 1. The van der Waals surface area contributed by atoms with Gasteiger partial charge in [0, 0.05) is 5.56 Å². The summed E-state index contributed by atoms with van der Waals surface area (Å²) in [6.07, 6.45) is 0. The molecule has 3 rings (SSSR count). The molecule has 2 N–H and O–H groups in total. The lowest BCUT2D eigenvalue weighted by Crippen LogP contribution is -2.29. The number of nitrogens with zero attached hydrogens (tertiary/aromatic N) is 2. The molecule has 1 unspecified atom stereocenters. The highest BCUT2D eigenvalue weighted by Gasteiger charge is 2.36. The van der Waals surface area contributed by atoms with Crippen molar-refractivity contribution >= 4 is 34.5 Å². The molecule has 2 heterocycles. The van der Waals surface area contributed by atoms with Crippen LogP contribution < -0.4 is 14.8 Å². The number of amidine groups is 1. The Balaban J connectivity index is 1.77. The van der Waals surface area contributed by atoms with Crippen molar-refractivity contribution in [2.75, 3.05) is 6.79 Å². The Morgan fingerprint density at radius 2 is 2.18 bits per heavy atom. The Kier molecular flexibility index (Phi) is 3.72. The predicted molar refractivity (Wildman–Crippen MR) is 79.4 cm³/mol. The van der Waals surface area contributed by atoms with Gasteiger partial charge < -0.3 is 19.9 Å². The van der Waals surface area contributed by atoms with Crippen LogP contribution in [0.4, 0.5) is 0 Å². The molecule has 0 spiro atoms. The number of aliphatic carboxylic acids is 1. The van der Waals surface area contributed by atoms with Crippen LogP contribution in [0.2, 0.25) is 0 Å². The fourth-order valence-electron chi connectivity index (χ4n) is 1.88. The zero-order chi connectivity index (χ0) is 15.7. The lowest BCUT2D eigenvalue weighted by atomic mass is 10.1. The number of hydrogen-bond acceptors (Lipinski definition) is 7. The third kappa shape index (κ3) is 2.75. The largest absolute Gasteiger partial charge is 0.480 e. The molecule has 1 amide bonds. The van der Waals surface area contributed by atoms with Gasteiger partial charge in [-0.15, -0.1) is 5.10 Å². The minimum absolute atomic E-state index is 0.164. The summed E-state index contributed by atoms with van der Waals surface area (Å²) in [5.74, 6) is -0.503. The van der Waals surface area contributed by atoms with E-state index in [1.54, 1.807) is 19.1 Å². The summed E-state index contributed by atoms with van der Waals surface area (Å²) in [5, 5.41) is 18.1. The smallest absolute Gasteiger partial charge is 0.326 e. The molecule has 1 atom stereocenters. The van der Waals surface area contributed by atoms with E-state index in [9.17, 15) is 9.59 Å². The Bertz CT molecular complexity index is 716. The average molecular weight is 321 g/mol. The first-order valence-corrected chi connectivity index (χ1v) is 7.15. The van der Waals surface area contributed by atoms with Crippen molar-refractivity contribution in [2.45, 2.75) is 12.2 Å². The van der Waals surface area contributed by atoms with Crippen molar-refractivity contribution in [3.8, 4) is 11.5 Å². The van der Waals surface area contributed by atoms with E-state index >= 15 is 0 Å². The molecule has 0 saturated carbocycles. The van der Waals surface area contributed by atoms with Crippen LogP contribution in [0.25, 0.3) is 0 Å². The molecule has 9 heteroatoms. The quantitative estimate of drug-likeness (QED) is 0.484. The van der Waals surface area contributed by atoms with Crippen molar-refractivity contribution in [3.63, 3.8) is 0 Å². The summed E-state index contributed by atoms with van der Waals surface area (Å²) in [6.45, 7) is 1.94. The van der Waals surface area contributed by atoms with Gasteiger partial charge in [-0.3, -0.25) is 9.59 Å². The fraction of sp³-hybridized carbons (Fsp3) is 0.231. The van der Waals surface area contributed by atoms with E-state index < -0.39 is 17.1 Å². The minimum Gasteiger partial charge on any atom is -0.480 e. The predicted octanol–water partition coefficient (Wildman–Crippen LogP) is 0.811. The molecule has 1 saturated heterocycles. The summed E-state index contributed by atoms with van der Waals surface area (Å²) < 4.78 is 10.5. The fourth-order valence-corrected chi connectivity index (χ4v) is 2.61. The van der Waals surface area contributed by atoms with Gasteiger partial charge in [0.1, 0.15) is 0 Å². The maximum absolute atomic E-state index is 11.4. The Morgan fingerprint density at radius 1 is 1.41 bits per heavy atom. The molecule has 0 radical (unpaired) electrons. The number of rotatable bonds is 3. The first-order chi connectivity index (χ1) is 10.5. The summed E-state index contributed by atoms with van der Waals surface area (Å²) in [7, 11) is 0. The first-order valence-electron chi connectivity index (χ1n) is 6.27. The van der Waals surface area contributed by atoms with E-state index in [2.05, 4.69) is 15.5 Å². The molecule has 1 aromatic rings. The number of carboxylic acid groups (broad SMARTS) is 1. The second kappa shape index (κ2) is 5.68. The standard InChI is InChI=1S/C13H11N3O5S/c1-6(7-2-3-8-9(4-7)21-5-20-8)15-16-13-14-11(17)10(22-13)12(18)19/h2-4,10H,5H2,1H3,(H,18,19)(H,14,16,17)/b15-6-. The van der Waals surface area contributed by atoms with E-state index in [0.29, 0.717) is 17.2 Å². The van der Waals surface area contributed by atoms with Crippen molar-refractivity contribution in [2.24, 2.45) is 10.2 Å². The summed E-state index contributed by atoms with van der Waals surface area (Å²) in [4.78, 5) is 22.2. The molecule has 0 bridgehead atoms. The van der Waals surface area contributed by atoms with Crippen LogP contribution in [-0.2, 0) is 9.59 Å². The molecule has 2 aliphatic heterocycles. The number of hydrogen-bond donors (Lipinski definition) is 2. The van der Waals surface area contributed by atoms with Crippen LogP contribution in [0.3, 0.4) is 0 Å². The normalized spacial score (nSPS) is 22.0. The van der Waals surface area contributed by atoms with Crippen molar-refractivity contribution in [3.05, 3.63) is 23.8 Å². The number of benzene rings is 1. The van der Waals surface area contributed by atoms with Gasteiger partial charge in [-0.05, 0) is 25.1 Å². The molecule has 0 aliphatic carbocycles. The zero-order valence-electron chi connectivity index (χ0n) is 11.4. The second-order valence-electron chi connectivity index (χ2n) is 4.48. The Hall–Kier alpha value is -2.55. The summed E-state index contributed by atoms with van der Waals surface area (Å²) in [5.41, 5.74) is 1.39. The van der Waals surface area contributed by atoms with E-state index in [4.69, 9.17) is 14.6 Å². The van der Waals surface area contributed by atoms with Crippen LogP contribution in [0.1, 0.15) is 12.5 Å². The highest BCUT2D eigenvalue weighted by molar-refractivity contribution is 8.16. The van der Waals surface area contributed by atoms with Gasteiger partial charge in [-0.1, -0.05) is 11.8 Å². The Labute approximate surface area is 129 Å². The number of amides is 1. The van der Waals surface area contributed by atoms with Crippen LogP contribution in [0, 0.1) is 0 Å². The molecular weight excluding hydrogens is 310 g/mol. The maximum atomic E-state index is 11.4. The van der Waals surface area contributed by atoms with Gasteiger partial charge in [-0.2, -0.15) is 5.10 Å². The molecule has 1 fully saturated rings. The average Bonchev–Trinajstić information content (AvgIpc) is 3.09. The maximum Gasteiger partial charge on any atom is 0.326 e. The first kappa shape index (κ1) is 14.4. The van der Waals surface area contributed by atoms with E-state index in [-0.39, 0.29) is 12.0 Å². The van der Waals surface area contributed by atoms with Crippen molar-refractivity contribution in [1.82, 2.24) is 5.32 Å². The van der Waals surface area contributed by atoms with Gasteiger partial charge in [0.05, 0.1) is 5.71 Å². The van der Waals surface area contributed by atoms with Gasteiger partial charge in [0.2, 0.25) is 6.79 Å². The monoisotopic (exact) mass is 321 g/mol. The minimum atomic E-state index is -1.20.